The van der Waals surface area contributed by atoms with E-state index in [2.05, 4.69) is 11.4 Å². The average molecular weight is 249 g/mol. The summed E-state index contributed by atoms with van der Waals surface area (Å²) in [5.74, 6) is -0.276. The van der Waals surface area contributed by atoms with Gasteiger partial charge in [0, 0.05) is 19.5 Å². The van der Waals surface area contributed by atoms with Crippen LogP contribution in [0.4, 0.5) is 0 Å². The number of hydrogen-bond acceptors (Lipinski definition) is 4. The van der Waals surface area contributed by atoms with E-state index in [0.717, 1.165) is 25.7 Å². The predicted molar refractivity (Wildman–Crippen MR) is 65.3 cm³/mol. The summed E-state index contributed by atoms with van der Waals surface area (Å²) in [4.78, 5) is 24.6. The van der Waals surface area contributed by atoms with Gasteiger partial charge in [0.05, 0.1) is 18.0 Å². The van der Waals surface area contributed by atoms with Gasteiger partial charge < -0.3 is 5.32 Å². The van der Waals surface area contributed by atoms with E-state index in [1.54, 1.807) is 0 Å². The first-order valence-electron chi connectivity index (χ1n) is 6.59. The van der Waals surface area contributed by atoms with E-state index in [0.29, 0.717) is 12.8 Å². The molecule has 0 aromatic rings. The molecule has 2 fully saturated rings. The molecule has 2 rings (SSSR count). The van der Waals surface area contributed by atoms with Gasteiger partial charge in [0.2, 0.25) is 11.8 Å². The summed E-state index contributed by atoms with van der Waals surface area (Å²) < 4.78 is 0. The highest BCUT2D eigenvalue weighted by Crippen LogP contribution is 2.25. The van der Waals surface area contributed by atoms with Crippen LogP contribution < -0.4 is 5.32 Å². The van der Waals surface area contributed by atoms with Crippen molar-refractivity contribution in [3.05, 3.63) is 0 Å². The van der Waals surface area contributed by atoms with Crippen LogP contribution in [0.5, 0.6) is 0 Å². The molecule has 5 nitrogen and oxygen atoms in total. The van der Waals surface area contributed by atoms with Gasteiger partial charge in [-0.15, -0.1) is 0 Å². The summed E-state index contributed by atoms with van der Waals surface area (Å²) in [6.07, 6.45) is 5.00. The summed E-state index contributed by atoms with van der Waals surface area (Å²) in [7, 11) is 1.53. The Morgan fingerprint density at radius 2 is 2.00 bits per heavy atom. The zero-order valence-electron chi connectivity index (χ0n) is 10.7. The number of nitrogens with one attached hydrogen (secondary N) is 1. The minimum Gasteiger partial charge on any atom is -0.302 e. The molecule has 1 aliphatic carbocycles. The molecule has 18 heavy (non-hydrogen) atoms. The Balaban J connectivity index is 1.98. The van der Waals surface area contributed by atoms with E-state index in [4.69, 9.17) is 5.26 Å². The van der Waals surface area contributed by atoms with Gasteiger partial charge in [-0.2, -0.15) is 5.26 Å². The van der Waals surface area contributed by atoms with E-state index in [1.807, 2.05) is 0 Å². The third-order valence-corrected chi connectivity index (χ3v) is 4.00. The van der Waals surface area contributed by atoms with Crippen molar-refractivity contribution in [2.75, 3.05) is 7.05 Å². The van der Waals surface area contributed by atoms with Gasteiger partial charge >= 0.3 is 0 Å². The maximum Gasteiger partial charge on any atom is 0.246 e. The first-order chi connectivity index (χ1) is 8.63. The van der Waals surface area contributed by atoms with Crippen LogP contribution in [0, 0.1) is 17.2 Å². The summed E-state index contributed by atoms with van der Waals surface area (Å²) >= 11 is 0. The van der Waals surface area contributed by atoms with Crippen molar-refractivity contribution in [3.63, 3.8) is 0 Å². The maximum atomic E-state index is 12.0. The SMILES string of the molecule is CN1C(=O)CCC(NC2CCCCC2C#N)C1=O. The fourth-order valence-corrected chi connectivity index (χ4v) is 2.81. The van der Waals surface area contributed by atoms with Crippen molar-refractivity contribution in [1.29, 1.82) is 5.26 Å². The van der Waals surface area contributed by atoms with Crippen LogP contribution in [-0.2, 0) is 9.59 Å². The summed E-state index contributed by atoms with van der Waals surface area (Å²) in [6, 6.07) is 2.12. The molecule has 2 amide bonds. The number of rotatable bonds is 2. The molecule has 1 heterocycles. The van der Waals surface area contributed by atoms with E-state index in [1.165, 1.54) is 11.9 Å². The Kier molecular flexibility index (Phi) is 3.97. The maximum absolute atomic E-state index is 12.0. The number of nitrogens with zero attached hydrogens (tertiary/aromatic N) is 2. The normalized spacial score (nSPS) is 33.3. The Bertz CT molecular complexity index is 388. The zero-order chi connectivity index (χ0) is 13.1. The Morgan fingerprint density at radius 1 is 1.28 bits per heavy atom. The number of piperidine rings is 1. The second-order valence-corrected chi connectivity index (χ2v) is 5.18. The van der Waals surface area contributed by atoms with Crippen molar-refractivity contribution in [3.8, 4) is 6.07 Å². The molecular formula is C13H19N3O2. The van der Waals surface area contributed by atoms with Gasteiger partial charge in [-0.05, 0) is 19.3 Å². The molecular weight excluding hydrogens is 230 g/mol. The minimum absolute atomic E-state index is 0.00511. The molecule has 2 aliphatic rings. The highest BCUT2D eigenvalue weighted by Gasteiger charge is 2.35. The number of nitriles is 1. The van der Waals surface area contributed by atoms with Crippen LogP contribution >= 0.6 is 0 Å². The fraction of sp³-hybridized carbons (Fsp3) is 0.769. The third-order valence-electron chi connectivity index (χ3n) is 4.00. The Labute approximate surface area is 107 Å². The molecule has 1 aliphatic heterocycles. The molecule has 98 valence electrons. The van der Waals surface area contributed by atoms with Crippen LogP contribution in [0.3, 0.4) is 0 Å². The van der Waals surface area contributed by atoms with Crippen LogP contribution in [0.1, 0.15) is 38.5 Å². The topological polar surface area (TPSA) is 73.2 Å². The predicted octanol–water partition coefficient (Wildman–Crippen LogP) is 0.806. The Morgan fingerprint density at radius 3 is 2.72 bits per heavy atom. The van der Waals surface area contributed by atoms with Crippen molar-refractivity contribution >= 4 is 11.8 Å². The van der Waals surface area contributed by atoms with Gasteiger partial charge in [-0.3, -0.25) is 14.5 Å². The number of likely N-dealkylation sites (N-methyl/N-ethyl adjacent to an activating group) is 1. The van der Waals surface area contributed by atoms with Gasteiger partial charge in [0.15, 0.2) is 0 Å². The van der Waals surface area contributed by atoms with Crippen molar-refractivity contribution in [2.45, 2.75) is 50.6 Å². The lowest BCUT2D eigenvalue weighted by atomic mass is 9.84. The Hall–Kier alpha value is -1.41. The van der Waals surface area contributed by atoms with E-state index < -0.39 is 0 Å². The van der Waals surface area contributed by atoms with Crippen molar-refractivity contribution < 1.29 is 9.59 Å². The lowest BCUT2D eigenvalue weighted by Gasteiger charge is -2.34. The van der Waals surface area contributed by atoms with Gasteiger partial charge in [0.25, 0.3) is 0 Å². The largest absolute Gasteiger partial charge is 0.302 e. The van der Waals surface area contributed by atoms with Crippen molar-refractivity contribution in [2.24, 2.45) is 5.92 Å². The number of carbonyl (C=O) groups is 2. The van der Waals surface area contributed by atoms with Crippen LogP contribution in [-0.4, -0.2) is 35.8 Å². The van der Waals surface area contributed by atoms with Gasteiger partial charge in [-0.25, -0.2) is 0 Å². The standard InChI is InChI=1S/C13H19N3O2/c1-16-12(17)7-6-11(13(16)18)15-10-5-3-2-4-9(10)8-14/h9-11,15H,2-7H2,1H3. The summed E-state index contributed by atoms with van der Waals surface area (Å²) in [5, 5.41) is 12.4. The molecule has 3 unspecified atom stereocenters. The van der Waals surface area contributed by atoms with E-state index in [-0.39, 0.29) is 29.8 Å². The smallest absolute Gasteiger partial charge is 0.246 e. The molecule has 5 heteroatoms. The molecule has 3 atom stereocenters. The number of likely N-dealkylation sites (tertiary alicyclic amines) is 1. The number of hydrogen-bond donors (Lipinski definition) is 1. The fourth-order valence-electron chi connectivity index (χ4n) is 2.81. The van der Waals surface area contributed by atoms with Crippen LogP contribution in [0.15, 0.2) is 0 Å². The quantitative estimate of drug-likeness (QED) is 0.735. The molecule has 1 saturated heterocycles. The summed E-state index contributed by atoms with van der Waals surface area (Å²) in [6.45, 7) is 0. The molecule has 1 N–H and O–H groups in total. The molecule has 0 radical (unpaired) electrons. The highest BCUT2D eigenvalue weighted by atomic mass is 16.2. The second-order valence-electron chi connectivity index (χ2n) is 5.18. The first kappa shape index (κ1) is 13.0. The third kappa shape index (κ3) is 2.54. The van der Waals surface area contributed by atoms with Crippen LogP contribution in [0.25, 0.3) is 0 Å². The molecule has 0 spiro atoms. The number of amides is 2. The monoisotopic (exact) mass is 249 g/mol. The second kappa shape index (κ2) is 5.49. The van der Waals surface area contributed by atoms with Gasteiger partial charge in [-0.1, -0.05) is 12.8 Å². The van der Waals surface area contributed by atoms with Crippen LogP contribution in [0.2, 0.25) is 0 Å². The molecule has 1 saturated carbocycles. The molecule has 0 aromatic carbocycles. The highest BCUT2D eigenvalue weighted by molar-refractivity contribution is 6.00. The lowest BCUT2D eigenvalue weighted by Crippen LogP contribution is -2.55. The van der Waals surface area contributed by atoms with Crippen molar-refractivity contribution in [1.82, 2.24) is 10.2 Å². The average Bonchev–Trinajstić information content (AvgIpc) is 2.40. The molecule has 0 aromatic heterocycles. The minimum atomic E-state index is -0.299. The number of imide groups is 1. The number of carbonyl (C=O) groups excluding carboxylic acids is 2. The van der Waals surface area contributed by atoms with E-state index >= 15 is 0 Å². The van der Waals surface area contributed by atoms with E-state index in [9.17, 15) is 9.59 Å². The lowest BCUT2D eigenvalue weighted by molar-refractivity contribution is -0.148. The summed E-state index contributed by atoms with van der Waals surface area (Å²) in [5.41, 5.74) is 0. The first-order valence-corrected chi connectivity index (χ1v) is 6.59. The zero-order valence-corrected chi connectivity index (χ0v) is 10.7. The van der Waals surface area contributed by atoms with Gasteiger partial charge in [0.1, 0.15) is 0 Å². The molecule has 0 bridgehead atoms.